The highest BCUT2D eigenvalue weighted by Gasteiger charge is 2.19. The largest absolute Gasteiger partial charge is 0.467 e. The molecule has 1 N–H and O–H groups in total. The van der Waals surface area contributed by atoms with Gasteiger partial charge in [0.25, 0.3) is 5.91 Å². The number of nitrogens with zero attached hydrogens (tertiary/aromatic N) is 2. The number of aromatic nitrogens is 1. The SMILES string of the molecule is Cc1cccc(N(Cc2ccc(C(=O)NCc3ccco3)o2)c2nc(-c3ccc(Cl)cc3)cs2)c1. The molecule has 0 fully saturated rings. The summed E-state index contributed by atoms with van der Waals surface area (Å²) in [7, 11) is 0. The number of aryl methyl sites for hydroxylation is 1. The van der Waals surface area contributed by atoms with Crippen molar-refractivity contribution in [3.8, 4) is 11.3 Å². The molecule has 6 nitrogen and oxygen atoms in total. The Morgan fingerprint density at radius 2 is 1.91 bits per heavy atom. The van der Waals surface area contributed by atoms with Crippen LogP contribution in [-0.4, -0.2) is 10.9 Å². The van der Waals surface area contributed by atoms with E-state index in [1.54, 1.807) is 35.8 Å². The lowest BCUT2D eigenvalue weighted by Crippen LogP contribution is -2.22. The third-order valence-corrected chi connectivity index (χ3v) is 6.49. The highest BCUT2D eigenvalue weighted by molar-refractivity contribution is 7.14. The van der Waals surface area contributed by atoms with Crippen LogP contribution >= 0.6 is 22.9 Å². The number of hydrogen-bond donors (Lipinski definition) is 1. The fourth-order valence-corrected chi connectivity index (χ4v) is 4.60. The van der Waals surface area contributed by atoms with E-state index in [2.05, 4.69) is 29.3 Å². The molecule has 1 amide bonds. The van der Waals surface area contributed by atoms with Crippen LogP contribution in [0.2, 0.25) is 5.02 Å². The molecule has 3 heterocycles. The zero-order valence-electron chi connectivity index (χ0n) is 18.9. The first-order valence-corrected chi connectivity index (χ1v) is 12.3. The summed E-state index contributed by atoms with van der Waals surface area (Å²) in [6, 6.07) is 22.9. The number of halogens is 1. The zero-order chi connectivity index (χ0) is 24.2. The van der Waals surface area contributed by atoms with Gasteiger partial charge in [-0.05, 0) is 61.0 Å². The lowest BCUT2D eigenvalue weighted by atomic mass is 10.2. The molecule has 2 aromatic carbocycles. The van der Waals surface area contributed by atoms with Crippen molar-refractivity contribution in [3.05, 3.63) is 112 Å². The summed E-state index contributed by atoms with van der Waals surface area (Å²) in [6.45, 7) is 2.77. The minimum Gasteiger partial charge on any atom is -0.467 e. The van der Waals surface area contributed by atoms with E-state index in [4.69, 9.17) is 25.4 Å². The first-order valence-electron chi connectivity index (χ1n) is 11.0. The standard InChI is InChI=1S/C27H22ClN3O3S/c1-18-4-2-5-21(14-18)31(27-30-24(17-35-27)19-7-9-20(28)10-8-19)16-23-11-12-25(34-23)26(32)29-15-22-6-3-13-33-22/h2-14,17H,15-16H2,1H3,(H,29,32). The molecule has 0 radical (unpaired) electrons. The Balaban J connectivity index is 1.38. The third kappa shape index (κ3) is 5.48. The number of furan rings is 2. The Morgan fingerprint density at radius 1 is 1.06 bits per heavy atom. The summed E-state index contributed by atoms with van der Waals surface area (Å²) < 4.78 is 11.2. The van der Waals surface area contributed by atoms with Crippen LogP contribution in [0.1, 0.15) is 27.6 Å². The van der Waals surface area contributed by atoms with Crippen LogP contribution in [0.5, 0.6) is 0 Å². The molecular weight excluding hydrogens is 482 g/mol. The predicted octanol–water partition coefficient (Wildman–Crippen LogP) is 7.23. The van der Waals surface area contributed by atoms with Crippen molar-refractivity contribution in [3.63, 3.8) is 0 Å². The molecule has 5 rings (SSSR count). The van der Waals surface area contributed by atoms with Crippen molar-refractivity contribution >= 4 is 39.7 Å². The van der Waals surface area contributed by atoms with E-state index in [9.17, 15) is 4.79 Å². The second-order valence-corrected chi connectivity index (χ2v) is 9.25. The van der Waals surface area contributed by atoms with Gasteiger partial charge in [-0.1, -0.05) is 35.9 Å². The van der Waals surface area contributed by atoms with Crippen LogP contribution in [0.3, 0.4) is 0 Å². The van der Waals surface area contributed by atoms with Gasteiger partial charge in [-0.3, -0.25) is 4.79 Å². The number of carbonyl (C=O) groups is 1. The smallest absolute Gasteiger partial charge is 0.287 e. The van der Waals surface area contributed by atoms with Crippen LogP contribution in [0, 0.1) is 6.92 Å². The molecular formula is C27H22ClN3O3S. The Bertz CT molecular complexity index is 1420. The van der Waals surface area contributed by atoms with Crippen molar-refractivity contribution in [1.29, 1.82) is 0 Å². The van der Waals surface area contributed by atoms with E-state index < -0.39 is 0 Å². The quantitative estimate of drug-likeness (QED) is 0.242. The fourth-order valence-electron chi connectivity index (χ4n) is 3.62. The summed E-state index contributed by atoms with van der Waals surface area (Å²) in [5, 5.41) is 6.34. The lowest BCUT2D eigenvalue weighted by Gasteiger charge is -2.21. The van der Waals surface area contributed by atoms with Gasteiger partial charge in [0.2, 0.25) is 0 Å². The van der Waals surface area contributed by atoms with E-state index in [1.165, 1.54) is 0 Å². The molecule has 0 atom stereocenters. The number of carbonyl (C=O) groups excluding carboxylic acids is 1. The van der Waals surface area contributed by atoms with E-state index >= 15 is 0 Å². The molecule has 0 spiro atoms. The van der Waals surface area contributed by atoms with Gasteiger partial charge in [0.05, 0.1) is 25.0 Å². The number of benzene rings is 2. The molecule has 0 saturated heterocycles. The second kappa shape index (κ2) is 10.2. The summed E-state index contributed by atoms with van der Waals surface area (Å²) in [6.07, 6.45) is 1.57. The van der Waals surface area contributed by atoms with Gasteiger partial charge in [0.15, 0.2) is 10.9 Å². The summed E-state index contributed by atoms with van der Waals surface area (Å²) in [4.78, 5) is 19.5. The third-order valence-electron chi connectivity index (χ3n) is 5.38. The summed E-state index contributed by atoms with van der Waals surface area (Å²) in [5.41, 5.74) is 3.99. The molecule has 0 aliphatic carbocycles. The van der Waals surface area contributed by atoms with Crippen molar-refractivity contribution in [2.24, 2.45) is 0 Å². The Hall–Kier alpha value is -3.81. The maximum absolute atomic E-state index is 12.5. The second-order valence-electron chi connectivity index (χ2n) is 7.98. The van der Waals surface area contributed by atoms with Gasteiger partial charge in [0.1, 0.15) is 11.5 Å². The molecule has 0 aliphatic rings. The normalized spacial score (nSPS) is 10.9. The molecule has 0 aliphatic heterocycles. The lowest BCUT2D eigenvalue weighted by molar-refractivity contribution is 0.0918. The Labute approximate surface area is 211 Å². The molecule has 0 bridgehead atoms. The Morgan fingerprint density at radius 3 is 2.69 bits per heavy atom. The van der Waals surface area contributed by atoms with Gasteiger partial charge in [-0.15, -0.1) is 11.3 Å². The molecule has 0 unspecified atom stereocenters. The van der Waals surface area contributed by atoms with Crippen LogP contribution < -0.4 is 10.2 Å². The van der Waals surface area contributed by atoms with Gasteiger partial charge < -0.3 is 19.1 Å². The van der Waals surface area contributed by atoms with Crippen LogP contribution in [0.15, 0.2) is 93.3 Å². The summed E-state index contributed by atoms with van der Waals surface area (Å²) >= 11 is 7.59. The highest BCUT2D eigenvalue weighted by atomic mass is 35.5. The molecule has 176 valence electrons. The van der Waals surface area contributed by atoms with Gasteiger partial charge in [0, 0.05) is 21.7 Å². The first kappa shape index (κ1) is 23.0. The molecule has 5 aromatic rings. The molecule has 35 heavy (non-hydrogen) atoms. The van der Waals surface area contributed by atoms with E-state index in [-0.39, 0.29) is 11.7 Å². The predicted molar refractivity (Wildman–Crippen MR) is 138 cm³/mol. The molecule has 8 heteroatoms. The van der Waals surface area contributed by atoms with Gasteiger partial charge in [-0.25, -0.2) is 4.98 Å². The van der Waals surface area contributed by atoms with E-state index in [1.807, 2.05) is 47.8 Å². The number of anilines is 2. The molecule has 0 saturated carbocycles. The Kier molecular flexibility index (Phi) is 6.70. The minimum absolute atomic E-state index is 0.247. The number of rotatable bonds is 8. The number of hydrogen-bond acceptors (Lipinski definition) is 6. The van der Waals surface area contributed by atoms with E-state index in [0.29, 0.717) is 29.6 Å². The topological polar surface area (TPSA) is 71.5 Å². The van der Waals surface area contributed by atoms with Crippen molar-refractivity contribution in [2.45, 2.75) is 20.0 Å². The van der Waals surface area contributed by atoms with E-state index in [0.717, 1.165) is 27.6 Å². The number of nitrogens with one attached hydrogen (secondary N) is 1. The van der Waals surface area contributed by atoms with Crippen LogP contribution in [0.4, 0.5) is 10.8 Å². The van der Waals surface area contributed by atoms with Crippen molar-refractivity contribution in [1.82, 2.24) is 10.3 Å². The maximum Gasteiger partial charge on any atom is 0.287 e. The summed E-state index contributed by atoms with van der Waals surface area (Å²) in [5.74, 6) is 1.28. The molecule has 3 aromatic heterocycles. The highest BCUT2D eigenvalue weighted by Crippen LogP contribution is 2.34. The van der Waals surface area contributed by atoms with Gasteiger partial charge >= 0.3 is 0 Å². The zero-order valence-corrected chi connectivity index (χ0v) is 20.5. The monoisotopic (exact) mass is 503 g/mol. The van der Waals surface area contributed by atoms with Crippen molar-refractivity contribution < 1.29 is 13.6 Å². The van der Waals surface area contributed by atoms with Crippen LogP contribution in [0.25, 0.3) is 11.3 Å². The average molecular weight is 504 g/mol. The van der Waals surface area contributed by atoms with Gasteiger partial charge in [-0.2, -0.15) is 0 Å². The fraction of sp³-hybridized carbons (Fsp3) is 0.111. The number of amides is 1. The minimum atomic E-state index is -0.297. The maximum atomic E-state index is 12.5. The number of thiazole rings is 1. The average Bonchev–Trinajstić information content (AvgIpc) is 3.64. The van der Waals surface area contributed by atoms with Crippen LogP contribution in [-0.2, 0) is 13.1 Å². The van der Waals surface area contributed by atoms with Crippen molar-refractivity contribution in [2.75, 3.05) is 4.90 Å². The first-order chi connectivity index (χ1) is 17.0.